The average Bonchev–Trinajstić information content (AvgIpc) is 2.77. The highest BCUT2D eigenvalue weighted by molar-refractivity contribution is 5.82. The molecule has 1 N–H and O–H groups in total. The second-order valence-electron chi connectivity index (χ2n) is 9.40. The van der Waals surface area contributed by atoms with Gasteiger partial charge in [0.15, 0.2) is 0 Å². The first-order chi connectivity index (χ1) is 15.3. The van der Waals surface area contributed by atoms with Gasteiger partial charge >= 0.3 is 0 Å². The zero-order valence-corrected chi connectivity index (χ0v) is 19.1. The lowest BCUT2D eigenvalue weighted by atomic mass is 9.83. The van der Waals surface area contributed by atoms with E-state index in [0.717, 1.165) is 37.3 Å². The molecule has 2 heterocycles. The fraction of sp³-hybridized carbons (Fsp3) is 0.480. The van der Waals surface area contributed by atoms with Gasteiger partial charge in [-0.05, 0) is 49.4 Å². The molecule has 0 spiro atoms. The fourth-order valence-electron chi connectivity index (χ4n) is 4.83. The predicted octanol–water partition coefficient (Wildman–Crippen LogP) is 3.93. The average molecular weight is 437 g/mol. The van der Waals surface area contributed by atoms with Gasteiger partial charge in [-0.1, -0.05) is 31.5 Å². The molecule has 7 nitrogen and oxygen atoms in total. The van der Waals surface area contributed by atoms with E-state index < -0.39 is 0 Å². The largest absolute Gasteiger partial charge is 0.368 e. The Bertz CT molecular complexity index is 989. The van der Waals surface area contributed by atoms with Crippen molar-refractivity contribution in [3.05, 3.63) is 63.7 Å². The van der Waals surface area contributed by atoms with Crippen LogP contribution in [0.5, 0.6) is 0 Å². The molecule has 0 aliphatic carbocycles. The van der Waals surface area contributed by atoms with Gasteiger partial charge in [0.05, 0.1) is 16.9 Å². The Morgan fingerprint density at radius 3 is 2.62 bits per heavy atom. The number of hydrogen-bond donors (Lipinski definition) is 1. The molecule has 2 aliphatic rings. The number of rotatable bonds is 6. The van der Waals surface area contributed by atoms with E-state index >= 15 is 0 Å². The highest BCUT2D eigenvalue weighted by Crippen LogP contribution is 2.38. The number of carbonyl (C=O) groups is 1. The molecule has 2 aromatic carbocycles. The number of hydrogen-bond acceptors (Lipinski definition) is 5. The van der Waals surface area contributed by atoms with Crippen LogP contribution in [0.4, 0.5) is 17.1 Å². The molecule has 1 saturated heterocycles. The standard InChI is InChI=1S/C25H32N4O3/c1-17(2)10-11-26-25(30)22-15-19-14-21(29(31)32)8-9-23(19)28-13-12-27(16-24(22)28)20-6-4-18(3)5-7-20/h4-9,14,17,22,24H,10-13,15-16H2,1-3H3,(H,26,30)/t22-,24-/m1/s1. The Morgan fingerprint density at radius 2 is 1.94 bits per heavy atom. The van der Waals surface area contributed by atoms with Gasteiger partial charge in [-0.15, -0.1) is 0 Å². The molecule has 0 aromatic heterocycles. The van der Waals surface area contributed by atoms with E-state index in [1.54, 1.807) is 12.1 Å². The molecule has 1 fully saturated rings. The van der Waals surface area contributed by atoms with E-state index in [-0.39, 0.29) is 28.5 Å². The number of nitro benzene ring substituents is 1. The molecule has 2 aromatic rings. The smallest absolute Gasteiger partial charge is 0.269 e. The van der Waals surface area contributed by atoms with Gasteiger partial charge in [0.1, 0.15) is 0 Å². The van der Waals surface area contributed by atoms with Gasteiger partial charge < -0.3 is 15.1 Å². The molecule has 0 radical (unpaired) electrons. The van der Waals surface area contributed by atoms with Crippen LogP contribution in [-0.2, 0) is 11.2 Å². The van der Waals surface area contributed by atoms with Gasteiger partial charge in [-0.2, -0.15) is 0 Å². The van der Waals surface area contributed by atoms with Crippen LogP contribution in [-0.4, -0.2) is 43.1 Å². The van der Waals surface area contributed by atoms with Crippen LogP contribution in [0.25, 0.3) is 0 Å². The second-order valence-corrected chi connectivity index (χ2v) is 9.40. The van der Waals surface area contributed by atoms with E-state index in [1.165, 1.54) is 11.3 Å². The number of nitro groups is 1. The number of nitrogens with zero attached hydrogens (tertiary/aromatic N) is 3. The monoisotopic (exact) mass is 436 g/mol. The molecular formula is C25H32N4O3. The van der Waals surface area contributed by atoms with Gasteiger partial charge in [0, 0.05) is 49.7 Å². The number of nitrogens with one attached hydrogen (secondary N) is 1. The van der Waals surface area contributed by atoms with Gasteiger partial charge in [-0.25, -0.2) is 0 Å². The van der Waals surface area contributed by atoms with Gasteiger partial charge in [0.2, 0.25) is 5.91 Å². The van der Waals surface area contributed by atoms with Crippen LogP contribution < -0.4 is 15.1 Å². The van der Waals surface area contributed by atoms with Crippen LogP contribution in [0.1, 0.15) is 31.4 Å². The number of non-ortho nitro benzene ring substituents is 1. The summed E-state index contributed by atoms with van der Waals surface area (Å²) in [6, 6.07) is 13.6. The minimum atomic E-state index is -0.362. The Kier molecular flexibility index (Phi) is 6.35. The summed E-state index contributed by atoms with van der Waals surface area (Å²) in [7, 11) is 0. The Hall–Kier alpha value is -3.09. The second kappa shape index (κ2) is 9.18. The van der Waals surface area contributed by atoms with Crippen molar-refractivity contribution in [2.24, 2.45) is 11.8 Å². The third-order valence-corrected chi connectivity index (χ3v) is 6.66. The third kappa shape index (κ3) is 4.56. The zero-order valence-electron chi connectivity index (χ0n) is 19.1. The Labute approximate surface area is 189 Å². The van der Waals surface area contributed by atoms with E-state index in [0.29, 0.717) is 18.9 Å². The molecule has 2 aliphatic heterocycles. The summed E-state index contributed by atoms with van der Waals surface area (Å²) in [5.74, 6) is 0.321. The van der Waals surface area contributed by atoms with Crippen molar-refractivity contribution in [3.63, 3.8) is 0 Å². The van der Waals surface area contributed by atoms with Crippen molar-refractivity contribution in [3.8, 4) is 0 Å². The first-order valence-electron chi connectivity index (χ1n) is 11.5. The summed E-state index contributed by atoms with van der Waals surface area (Å²) < 4.78 is 0. The van der Waals surface area contributed by atoms with Crippen LogP contribution in [0.3, 0.4) is 0 Å². The third-order valence-electron chi connectivity index (χ3n) is 6.66. The number of piperazine rings is 1. The van der Waals surface area contributed by atoms with Crippen LogP contribution in [0, 0.1) is 28.9 Å². The summed E-state index contributed by atoms with van der Waals surface area (Å²) in [6.45, 7) is 9.40. The molecule has 2 atom stereocenters. The first kappa shape index (κ1) is 22.1. The molecule has 4 rings (SSSR count). The molecule has 0 saturated carbocycles. The van der Waals surface area contributed by atoms with E-state index in [2.05, 4.69) is 60.2 Å². The van der Waals surface area contributed by atoms with Crippen molar-refractivity contribution in [2.75, 3.05) is 36.0 Å². The molecular weight excluding hydrogens is 404 g/mol. The molecule has 0 unspecified atom stereocenters. The molecule has 170 valence electrons. The number of anilines is 2. The van der Waals surface area contributed by atoms with Crippen LogP contribution >= 0.6 is 0 Å². The maximum absolute atomic E-state index is 13.3. The van der Waals surface area contributed by atoms with E-state index in [9.17, 15) is 14.9 Å². The minimum Gasteiger partial charge on any atom is -0.368 e. The zero-order chi connectivity index (χ0) is 22.8. The first-order valence-corrected chi connectivity index (χ1v) is 11.5. The maximum atomic E-state index is 13.3. The van der Waals surface area contributed by atoms with Crippen LogP contribution in [0.15, 0.2) is 42.5 Å². The lowest BCUT2D eigenvalue weighted by Gasteiger charge is -2.49. The summed E-state index contributed by atoms with van der Waals surface area (Å²) in [6.07, 6.45) is 1.46. The van der Waals surface area contributed by atoms with E-state index in [1.807, 2.05) is 6.07 Å². The Balaban J connectivity index is 1.62. The highest BCUT2D eigenvalue weighted by atomic mass is 16.6. The summed E-state index contributed by atoms with van der Waals surface area (Å²) >= 11 is 0. The van der Waals surface area contributed by atoms with Crippen molar-refractivity contribution in [2.45, 2.75) is 39.7 Å². The number of fused-ring (bicyclic) bond motifs is 3. The van der Waals surface area contributed by atoms with Crippen molar-refractivity contribution < 1.29 is 9.72 Å². The van der Waals surface area contributed by atoms with Crippen molar-refractivity contribution in [1.82, 2.24) is 5.32 Å². The molecule has 32 heavy (non-hydrogen) atoms. The van der Waals surface area contributed by atoms with Crippen LogP contribution in [0.2, 0.25) is 0 Å². The topological polar surface area (TPSA) is 78.7 Å². The fourth-order valence-corrected chi connectivity index (χ4v) is 4.83. The lowest BCUT2D eigenvalue weighted by molar-refractivity contribution is -0.384. The lowest BCUT2D eigenvalue weighted by Crippen LogP contribution is -2.61. The SMILES string of the molecule is Cc1ccc(N2CCN3c4ccc([N+](=O)[O-])cc4C[C@@H](C(=O)NCCC(C)C)[C@H]3C2)cc1. The molecule has 7 heteroatoms. The number of aryl methyl sites for hydroxylation is 1. The predicted molar refractivity (Wildman–Crippen MR) is 127 cm³/mol. The summed E-state index contributed by atoms with van der Waals surface area (Å²) in [5.41, 5.74) is 4.39. The molecule has 0 bridgehead atoms. The highest BCUT2D eigenvalue weighted by Gasteiger charge is 2.42. The molecule has 1 amide bonds. The number of carbonyl (C=O) groups excluding carboxylic acids is 1. The Morgan fingerprint density at radius 1 is 1.19 bits per heavy atom. The van der Waals surface area contributed by atoms with Crippen molar-refractivity contribution in [1.29, 1.82) is 0 Å². The summed E-state index contributed by atoms with van der Waals surface area (Å²) in [5, 5.41) is 14.4. The quantitative estimate of drug-likeness (QED) is 0.548. The minimum absolute atomic E-state index is 0.0260. The normalized spacial score (nSPS) is 20.0. The number of benzene rings is 2. The number of amides is 1. The maximum Gasteiger partial charge on any atom is 0.269 e. The van der Waals surface area contributed by atoms with Gasteiger partial charge in [-0.3, -0.25) is 14.9 Å². The van der Waals surface area contributed by atoms with Crippen molar-refractivity contribution >= 4 is 23.0 Å². The van der Waals surface area contributed by atoms with Gasteiger partial charge in [0.25, 0.3) is 5.69 Å². The summed E-state index contributed by atoms with van der Waals surface area (Å²) in [4.78, 5) is 28.9. The van der Waals surface area contributed by atoms with E-state index in [4.69, 9.17) is 0 Å².